The largest absolute Gasteiger partial charge is 0.381 e. The molecule has 8 heavy (non-hydrogen) atoms. The van der Waals surface area contributed by atoms with Crippen molar-refractivity contribution in [2.24, 2.45) is 17.8 Å². The summed E-state index contributed by atoms with van der Waals surface area (Å²) >= 11 is 0. The van der Waals surface area contributed by atoms with Crippen molar-refractivity contribution in [1.29, 1.82) is 0 Å². The number of ether oxygens (including phenoxy) is 1. The van der Waals surface area contributed by atoms with Gasteiger partial charge in [0.2, 0.25) is 0 Å². The van der Waals surface area contributed by atoms with Crippen molar-refractivity contribution < 1.29 is 4.74 Å². The maximum atomic E-state index is 5.24. The fourth-order valence-corrected chi connectivity index (χ4v) is 1.96. The lowest BCUT2D eigenvalue weighted by Crippen LogP contribution is -1.95. The molecule has 0 amide bonds. The van der Waals surface area contributed by atoms with Gasteiger partial charge in [-0.15, -0.1) is 0 Å². The van der Waals surface area contributed by atoms with Crippen LogP contribution in [0.1, 0.15) is 13.3 Å². The third-order valence-corrected chi connectivity index (χ3v) is 2.60. The van der Waals surface area contributed by atoms with Gasteiger partial charge in [0.15, 0.2) is 0 Å². The Morgan fingerprint density at radius 3 is 2.38 bits per heavy atom. The molecule has 1 heteroatoms. The smallest absolute Gasteiger partial charge is 0.0500 e. The zero-order chi connectivity index (χ0) is 5.56. The first kappa shape index (κ1) is 4.80. The van der Waals surface area contributed by atoms with E-state index in [4.69, 9.17) is 4.74 Å². The molecule has 0 aromatic rings. The SMILES string of the molecule is CCC1[C@H]2COC[C@@H]12. The highest BCUT2D eigenvalue weighted by Gasteiger charge is 2.52. The topological polar surface area (TPSA) is 9.23 Å². The van der Waals surface area contributed by atoms with E-state index in [0.29, 0.717) is 0 Å². The minimum absolute atomic E-state index is 0.972. The van der Waals surface area contributed by atoms with Crippen molar-refractivity contribution in [3.05, 3.63) is 0 Å². The second kappa shape index (κ2) is 1.47. The van der Waals surface area contributed by atoms with Gasteiger partial charge in [0.1, 0.15) is 0 Å². The summed E-state index contributed by atoms with van der Waals surface area (Å²) in [4.78, 5) is 0. The summed E-state index contributed by atoms with van der Waals surface area (Å²) in [6.45, 7) is 4.40. The van der Waals surface area contributed by atoms with Crippen molar-refractivity contribution in [3.63, 3.8) is 0 Å². The summed E-state index contributed by atoms with van der Waals surface area (Å²) in [5, 5.41) is 0. The monoisotopic (exact) mass is 112 g/mol. The van der Waals surface area contributed by atoms with Crippen molar-refractivity contribution in [3.8, 4) is 0 Å². The van der Waals surface area contributed by atoms with E-state index in [1.165, 1.54) is 6.42 Å². The van der Waals surface area contributed by atoms with E-state index < -0.39 is 0 Å². The molecule has 46 valence electrons. The van der Waals surface area contributed by atoms with Gasteiger partial charge in [0.05, 0.1) is 13.2 Å². The highest BCUT2D eigenvalue weighted by molar-refractivity contribution is 4.99. The van der Waals surface area contributed by atoms with Gasteiger partial charge in [-0.25, -0.2) is 0 Å². The van der Waals surface area contributed by atoms with E-state index in [9.17, 15) is 0 Å². The number of hydrogen-bond donors (Lipinski definition) is 0. The third-order valence-electron chi connectivity index (χ3n) is 2.60. The molecule has 0 aromatic carbocycles. The Kier molecular flexibility index (Phi) is 0.884. The van der Waals surface area contributed by atoms with E-state index in [1.54, 1.807) is 0 Å². The molecular formula is C7H12O. The van der Waals surface area contributed by atoms with E-state index in [0.717, 1.165) is 31.0 Å². The molecule has 0 N–H and O–H groups in total. The first-order valence-corrected chi connectivity index (χ1v) is 3.51. The Morgan fingerprint density at radius 2 is 2.00 bits per heavy atom. The van der Waals surface area contributed by atoms with Crippen LogP contribution in [0.4, 0.5) is 0 Å². The van der Waals surface area contributed by atoms with E-state index >= 15 is 0 Å². The molecule has 2 rings (SSSR count). The highest BCUT2D eigenvalue weighted by atomic mass is 16.5. The summed E-state index contributed by atoms with van der Waals surface area (Å²) in [7, 11) is 0. The van der Waals surface area contributed by atoms with Gasteiger partial charge in [0.25, 0.3) is 0 Å². The van der Waals surface area contributed by atoms with Crippen LogP contribution in [-0.4, -0.2) is 13.2 Å². The van der Waals surface area contributed by atoms with Crippen LogP contribution in [0, 0.1) is 17.8 Å². The van der Waals surface area contributed by atoms with Crippen LogP contribution < -0.4 is 0 Å². The number of fused-ring (bicyclic) bond motifs is 1. The zero-order valence-corrected chi connectivity index (χ0v) is 5.26. The molecule has 0 radical (unpaired) electrons. The van der Waals surface area contributed by atoms with Crippen molar-refractivity contribution in [2.45, 2.75) is 13.3 Å². The van der Waals surface area contributed by atoms with Crippen molar-refractivity contribution >= 4 is 0 Å². The Hall–Kier alpha value is -0.0400. The maximum Gasteiger partial charge on any atom is 0.0500 e. The molecule has 0 spiro atoms. The minimum atomic E-state index is 0.972. The van der Waals surface area contributed by atoms with Gasteiger partial charge in [-0.3, -0.25) is 0 Å². The number of hydrogen-bond acceptors (Lipinski definition) is 1. The molecule has 2 aliphatic rings. The summed E-state index contributed by atoms with van der Waals surface area (Å²) in [6, 6.07) is 0. The van der Waals surface area contributed by atoms with Gasteiger partial charge in [-0.2, -0.15) is 0 Å². The van der Waals surface area contributed by atoms with Gasteiger partial charge in [-0.1, -0.05) is 13.3 Å². The lowest BCUT2D eigenvalue weighted by atomic mass is 10.2. The molecule has 1 aliphatic carbocycles. The lowest BCUT2D eigenvalue weighted by molar-refractivity contribution is 0.150. The predicted molar refractivity (Wildman–Crippen MR) is 31.6 cm³/mol. The first-order valence-electron chi connectivity index (χ1n) is 3.51. The molecule has 1 saturated carbocycles. The van der Waals surface area contributed by atoms with E-state index in [1.807, 2.05) is 0 Å². The Balaban J connectivity index is 1.94. The second-order valence-electron chi connectivity index (χ2n) is 2.94. The standard InChI is InChI=1S/C7H12O/c1-2-5-6-3-8-4-7(5)6/h5-7H,2-4H2,1H3/t5?,6-,7+. The lowest BCUT2D eigenvalue weighted by Gasteiger charge is -1.97. The molecule has 1 saturated heterocycles. The molecule has 1 heterocycles. The van der Waals surface area contributed by atoms with Crippen LogP contribution in [0.5, 0.6) is 0 Å². The van der Waals surface area contributed by atoms with Crippen molar-refractivity contribution in [2.75, 3.05) is 13.2 Å². The first-order chi connectivity index (χ1) is 3.93. The van der Waals surface area contributed by atoms with E-state index in [2.05, 4.69) is 6.92 Å². The zero-order valence-electron chi connectivity index (χ0n) is 5.26. The summed E-state index contributed by atoms with van der Waals surface area (Å²) < 4.78 is 5.24. The average Bonchev–Trinajstić information content (AvgIpc) is 2.22. The van der Waals surface area contributed by atoms with E-state index in [-0.39, 0.29) is 0 Å². The predicted octanol–water partition coefficient (Wildman–Crippen LogP) is 1.29. The quantitative estimate of drug-likeness (QED) is 0.496. The third kappa shape index (κ3) is 0.455. The molecule has 0 aromatic heterocycles. The van der Waals surface area contributed by atoms with Crippen LogP contribution in [0.3, 0.4) is 0 Å². The summed E-state index contributed by atoms with van der Waals surface area (Å²) in [6.07, 6.45) is 1.37. The minimum Gasteiger partial charge on any atom is -0.381 e. The Labute approximate surface area is 50.0 Å². The molecule has 1 nitrogen and oxygen atoms in total. The Morgan fingerprint density at radius 1 is 1.38 bits per heavy atom. The van der Waals surface area contributed by atoms with Crippen LogP contribution in [-0.2, 0) is 4.74 Å². The highest BCUT2D eigenvalue weighted by Crippen LogP contribution is 2.52. The summed E-state index contributed by atoms with van der Waals surface area (Å²) in [5.41, 5.74) is 0. The fraction of sp³-hybridized carbons (Fsp3) is 1.00. The van der Waals surface area contributed by atoms with Gasteiger partial charge in [-0.05, 0) is 17.8 Å². The van der Waals surface area contributed by atoms with Crippen LogP contribution in [0.15, 0.2) is 0 Å². The van der Waals surface area contributed by atoms with Crippen molar-refractivity contribution in [1.82, 2.24) is 0 Å². The molecule has 0 bridgehead atoms. The molecule has 1 aliphatic heterocycles. The molecule has 2 fully saturated rings. The molecule has 1 unspecified atom stereocenters. The second-order valence-corrected chi connectivity index (χ2v) is 2.94. The normalized spacial score (nSPS) is 51.4. The van der Waals surface area contributed by atoms with Gasteiger partial charge in [0, 0.05) is 0 Å². The van der Waals surface area contributed by atoms with Crippen LogP contribution in [0.2, 0.25) is 0 Å². The summed E-state index contributed by atoms with van der Waals surface area (Å²) in [5.74, 6) is 2.99. The molecule has 3 atom stereocenters. The molecular weight excluding hydrogens is 100 g/mol. The fourth-order valence-electron chi connectivity index (χ4n) is 1.96. The van der Waals surface area contributed by atoms with Crippen LogP contribution >= 0.6 is 0 Å². The van der Waals surface area contributed by atoms with Crippen LogP contribution in [0.25, 0.3) is 0 Å². The van der Waals surface area contributed by atoms with Gasteiger partial charge >= 0.3 is 0 Å². The average molecular weight is 112 g/mol. The maximum absolute atomic E-state index is 5.24. The number of rotatable bonds is 1. The Bertz CT molecular complexity index is 83.8. The van der Waals surface area contributed by atoms with Gasteiger partial charge < -0.3 is 4.74 Å².